The van der Waals surface area contributed by atoms with E-state index in [-0.39, 0.29) is 5.58 Å². The molecule has 0 amide bonds. The largest absolute Gasteiger partial charge is 0.534 e. The third-order valence-electron chi connectivity index (χ3n) is 2.44. The summed E-state index contributed by atoms with van der Waals surface area (Å²) >= 11 is 0. The molecule has 1 aromatic heterocycles. The molecule has 0 fully saturated rings. The van der Waals surface area contributed by atoms with Gasteiger partial charge in [0, 0.05) is 5.39 Å². The van der Waals surface area contributed by atoms with E-state index < -0.39 is 21.4 Å². The van der Waals surface area contributed by atoms with Crippen molar-refractivity contribution < 1.29 is 30.2 Å². The number of rotatable bonds is 4. The Bertz CT molecular complexity index is 744. The summed E-state index contributed by atoms with van der Waals surface area (Å²) in [6.07, 6.45) is 3.11. The maximum atomic E-state index is 12.3. The lowest BCUT2D eigenvalue weighted by molar-refractivity contribution is -0.0499. The Hall–Kier alpha value is -1.96. The van der Waals surface area contributed by atoms with Crippen LogP contribution in [0.5, 0.6) is 5.75 Å². The van der Waals surface area contributed by atoms with Gasteiger partial charge in [-0.1, -0.05) is 6.08 Å². The highest BCUT2D eigenvalue weighted by molar-refractivity contribution is 7.88. The maximum absolute atomic E-state index is 12.3. The van der Waals surface area contributed by atoms with Crippen molar-refractivity contribution in [3.05, 3.63) is 42.7 Å². The van der Waals surface area contributed by atoms with E-state index in [1.54, 1.807) is 6.07 Å². The molecule has 0 N–H and O–H groups in total. The number of hydrogen-bond acceptors (Lipinski definition) is 4. The number of furan rings is 1. The molecule has 108 valence electrons. The third kappa shape index (κ3) is 2.64. The van der Waals surface area contributed by atoms with Crippen LogP contribution < -0.4 is 4.18 Å². The molecule has 20 heavy (non-hydrogen) atoms. The average Bonchev–Trinajstić information content (AvgIpc) is 2.75. The van der Waals surface area contributed by atoms with Crippen molar-refractivity contribution in [2.24, 2.45) is 0 Å². The number of benzene rings is 1. The first kappa shape index (κ1) is 14.4. The van der Waals surface area contributed by atoms with Crippen LogP contribution in [0.15, 0.2) is 41.5 Å². The number of hydrogen-bond donors (Lipinski definition) is 0. The highest BCUT2D eigenvalue weighted by Gasteiger charge is 2.48. The molecule has 0 aliphatic carbocycles. The molecular weight excluding hydrogens is 297 g/mol. The predicted molar refractivity (Wildman–Crippen MR) is 65.7 cm³/mol. The van der Waals surface area contributed by atoms with Gasteiger partial charge in [0.25, 0.3) is 0 Å². The predicted octanol–water partition coefficient (Wildman–Crippen LogP) is 3.39. The van der Waals surface area contributed by atoms with Crippen molar-refractivity contribution in [3.63, 3.8) is 0 Å². The number of fused-ring (bicyclic) bond motifs is 1. The van der Waals surface area contributed by atoms with Crippen molar-refractivity contribution >= 4 is 21.1 Å². The fourth-order valence-electron chi connectivity index (χ4n) is 1.62. The molecule has 8 heteroatoms. The van der Waals surface area contributed by atoms with Crippen LogP contribution in [0, 0.1) is 0 Å². The van der Waals surface area contributed by atoms with Gasteiger partial charge >= 0.3 is 15.6 Å². The van der Waals surface area contributed by atoms with Crippen molar-refractivity contribution in [2.75, 3.05) is 0 Å². The van der Waals surface area contributed by atoms with Gasteiger partial charge in [0.2, 0.25) is 0 Å². The van der Waals surface area contributed by atoms with Crippen LogP contribution in [0.2, 0.25) is 0 Å². The number of allylic oxidation sites excluding steroid dienone is 1. The molecule has 0 bridgehead atoms. The fraction of sp³-hybridized carbons (Fsp3) is 0.167. The van der Waals surface area contributed by atoms with Gasteiger partial charge < -0.3 is 8.60 Å². The minimum absolute atomic E-state index is 0.0642. The monoisotopic (exact) mass is 306 g/mol. The second-order valence-corrected chi connectivity index (χ2v) is 5.45. The van der Waals surface area contributed by atoms with Gasteiger partial charge in [-0.2, -0.15) is 21.6 Å². The van der Waals surface area contributed by atoms with Gasteiger partial charge in [-0.3, -0.25) is 0 Å². The van der Waals surface area contributed by atoms with Crippen LogP contribution in [-0.2, 0) is 16.5 Å². The Morgan fingerprint density at radius 2 is 2.05 bits per heavy atom. The number of halogens is 3. The van der Waals surface area contributed by atoms with Crippen molar-refractivity contribution in [1.29, 1.82) is 0 Å². The van der Waals surface area contributed by atoms with Crippen molar-refractivity contribution in [1.82, 2.24) is 0 Å². The summed E-state index contributed by atoms with van der Waals surface area (Å²) in [5.41, 5.74) is -5.01. The highest BCUT2D eigenvalue weighted by Crippen LogP contribution is 2.33. The topological polar surface area (TPSA) is 56.5 Å². The molecule has 1 heterocycles. The summed E-state index contributed by atoms with van der Waals surface area (Å²) in [5.74, 6) is -0.498. The van der Waals surface area contributed by atoms with Gasteiger partial charge in [-0.15, -0.1) is 6.58 Å². The SMILES string of the molecule is C=CCc1cc(OS(=O)(=O)C(F)(F)F)c2occc2c1. The minimum Gasteiger partial charge on any atom is -0.460 e. The van der Waals surface area contributed by atoms with E-state index >= 15 is 0 Å². The first-order valence-electron chi connectivity index (χ1n) is 5.36. The third-order valence-corrected chi connectivity index (χ3v) is 3.41. The minimum atomic E-state index is -5.74. The summed E-state index contributed by atoms with van der Waals surface area (Å²) in [5, 5.41) is 0.441. The van der Waals surface area contributed by atoms with Gasteiger partial charge in [0.1, 0.15) is 0 Å². The molecule has 2 rings (SSSR count). The summed E-state index contributed by atoms with van der Waals surface area (Å²) in [6.45, 7) is 3.50. The zero-order valence-corrected chi connectivity index (χ0v) is 10.8. The first-order chi connectivity index (χ1) is 9.24. The molecule has 0 radical (unpaired) electrons. The van der Waals surface area contributed by atoms with Crippen molar-refractivity contribution in [3.8, 4) is 5.75 Å². The Kier molecular flexibility index (Phi) is 3.51. The Morgan fingerprint density at radius 3 is 2.65 bits per heavy atom. The Labute approximate surface area is 112 Å². The van der Waals surface area contributed by atoms with E-state index in [1.807, 2.05) is 0 Å². The second kappa shape index (κ2) is 4.86. The molecule has 0 aliphatic rings. The zero-order valence-electron chi connectivity index (χ0n) is 9.98. The smallest absolute Gasteiger partial charge is 0.460 e. The molecule has 0 saturated heterocycles. The lowest BCUT2D eigenvalue weighted by Crippen LogP contribution is -2.28. The Balaban J connectivity index is 2.53. The van der Waals surface area contributed by atoms with E-state index in [0.717, 1.165) is 0 Å². The van der Waals surface area contributed by atoms with E-state index in [4.69, 9.17) is 4.42 Å². The fourth-order valence-corrected chi connectivity index (χ4v) is 2.07. The number of alkyl halides is 3. The van der Waals surface area contributed by atoms with Crippen LogP contribution in [0.25, 0.3) is 11.0 Å². The lowest BCUT2D eigenvalue weighted by atomic mass is 10.1. The van der Waals surface area contributed by atoms with Gasteiger partial charge in [0.15, 0.2) is 11.3 Å². The molecule has 0 saturated carbocycles. The Morgan fingerprint density at radius 1 is 1.35 bits per heavy atom. The summed E-state index contributed by atoms with van der Waals surface area (Å²) in [4.78, 5) is 0. The summed E-state index contributed by atoms with van der Waals surface area (Å²) in [6, 6.07) is 4.32. The second-order valence-electron chi connectivity index (χ2n) is 3.91. The van der Waals surface area contributed by atoms with Crippen LogP contribution in [-0.4, -0.2) is 13.9 Å². The van der Waals surface area contributed by atoms with Crippen LogP contribution in [0.4, 0.5) is 13.2 Å². The van der Waals surface area contributed by atoms with Crippen LogP contribution in [0.1, 0.15) is 5.56 Å². The van der Waals surface area contributed by atoms with Crippen LogP contribution >= 0.6 is 0 Å². The zero-order chi connectivity index (χ0) is 15.0. The molecule has 0 atom stereocenters. The standard InChI is InChI=1S/C12H9F3O4S/c1-2-3-8-6-9-4-5-18-11(9)10(7-8)19-20(16,17)12(13,14)15/h2,4-7H,1,3H2. The van der Waals surface area contributed by atoms with Crippen molar-refractivity contribution in [2.45, 2.75) is 11.9 Å². The molecule has 4 nitrogen and oxygen atoms in total. The highest BCUT2D eigenvalue weighted by atomic mass is 32.2. The van der Waals surface area contributed by atoms with Gasteiger partial charge in [-0.05, 0) is 30.2 Å². The van der Waals surface area contributed by atoms with E-state index in [9.17, 15) is 21.6 Å². The molecule has 0 unspecified atom stereocenters. The molecule has 2 aromatic rings. The van der Waals surface area contributed by atoms with E-state index in [1.165, 1.54) is 24.5 Å². The summed E-state index contributed by atoms with van der Waals surface area (Å²) in [7, 11) is -5.74. The van der Waals surface area contributed by atoms with E-state index in [0.29, 0.717) is 17.4 Å². The molecular formula is C12H9F3O4S. The maximum Gasteiger partial charge on any atom is 0.534 e. The molecule has 0 aliphatic heterocycles. The van der Waals surface area contributed by atoms with Gasteiger partial charge in [-0.25, -0.2) is 0 Å². The molecule has 0 spiro atoms. The van der Waals surface area contributed by atoms with E-state index in [2.05, 4.69) is 10.8 Å². The average molecular weight is 306 g/mol. The normalized spacial score (nSPS) is 12.6. The first-order valence-corrected chi connectivity index (χ1v) is 6.77. The molecule has 1 aromatic carbocycles. The van der Waals surface area contributed by atoms with Crippen LogP contribution in [0.3, 0.4) is 0 Å². The lowest BCUT2D eigenvalue weighted by Gasteiger charge is -2.10. The van der Waals surface area contributed by atoms with Gasteiger partial charge in [0.05, 0.1) is 6.26 Å². The quantitative estimate of drug-likeness (QED) is 0.493. The summed E-state index contributed by atoms with van der Waals surface area (Å²) < 4.78 is 68.2.